The van der Waals surface area contributed by atoms with Gasteiger partial charge in [0.15, 0.2) is 0 Å². The summed E-state index contributed by atoms with van der Waals surface area (Å²) in [6.45, 7) is 0. The van der Waals surface area contributed by atoms with Crippen LogP contribution in [0.2, 0.25) is 0 Å². The van der Waals surface area contributed by atoms with Crippen LogP contribution in [0, 0.1) is 0 Å². The minimum atomic E-state index is -4.48. The molecule has 31 heavy (non-hydrogen) atoms. The molecule has 0 aliphatic carbocycles. The first-order chi connectivity index (χ1) is 14.5. The third-order valence-electron chi connectivity index (χ3n) is 4.81. The fourth-order valence-corrected chi connectivity index (χ4v) is 3.27. The van der Waals surface area contributed by atoms with Crippen molar-refractivity contribution < 1.29 is 30.8 Å². The summed E-state index contributed by atoms with van der Waals surface area (Å²) in [4.78, 5) is 12.0. The summed E-state index contributed by atoms with van der Waals surface area (Å²) in [6, 6.07) is 14.8. The third kappa shape index (κ3) is 4.19. The largest absolute Gasteiger partial charge is 0.423 e. The Hall–Kier alpha value is -3.55. The SMILES string of the molecule is O=c1cc(-c2ccc(C(F)(F)F)cc2)c2ccc(-c3ccc(C(F)(F)F)cc3)cc2o1. The summed E-state index contributed by atoms with van der Waals surface area (Å²) in [7, 11) is 0. The lowest BCUT2D eigenvalue weighted by atomic mass is 9.97. The number of alkyl halides is 6. The molecule has 3 aromatic carbocycles. The zero-order valence-electron chi connectivity index (χ0n) is 15.5. The van der Waals surface area contributed by atoms with Crippen molar-refractivity contribution in [1.29, 1.82) is 0 Å². The lowest BCUT2D eigenvalue weighted by molar-refractivity contribution is -0.138. The molecule has 2 nitrogen and oxygen atoms in total. The van der Waals surface area contributed by atoms with Gasteiger partial charge < -0.3 is 4.42 Å². The van der Waals surface area contributed by atoms with Crippen molar-refractivity contribution in [3.8, 4) is 22.3 Å². The molecule has 0 aliphatic heterocycles. The molecule has 0 saturated heterocycles. The first kappa shape index (κ1) is 20.7. The van der Waals surface area contributed by atoms with Crippen LogP contribution in [0.15, 0.2) is 82.0 Å². The Bertz CT molecular complexity index is 1300. The fourth-order valence-electron chi connectivity index (χ4n) is 3.27. The fraction of sp³-hybridized carbons (Fsp3) is 0.0870. The maximum Gasteiger partial charge on any atom is 0.416 e. The molecule has 0 unspecified atom stereocenters. The van der Waals surface area contributed by atoms with Crippen molar-refractivity contribution in [3.63, 3.8) is 0 Å². The Labute approximate surface area is 171 Å². The Kier molecular flexibility index (Phi) is 4.88. The van der Waals surface area contributed by atoms with Crippen LogP contribution in [0.1, 0.15) is 11.1 Å². The summed E-state index contributed by atoms with van der Waals surface area (Å²) in [5, 5.41) is 0.482. The van der Waals surface area contributed by atoms with Gasteiger partial charge in [0.25, 0.3) is 0 Å². The van der Waals surface area contributed by atoms with Gasteiger partial charge in [-0.05, 0) is 58.7 Å². The smallest absolute Gasteiger partial charge is 0.416 e. The van der Waals surface area contributed by atoms with Gasteiger partial charge in [0.1, 0.15) is 5.58 Å². The minimum Gasteiger partial charge on any atom is -0.423 e. The Balaban J connectivity index is 1.78. The van der Waals surface area contributed by atoms with E-state index in [1.807, 2.05) is 0 Å². The molecule has 1 heterocycles. The number of fused-ring (bicyclic) bond motifs is 1. The highest BCUT2D eigenvalue weighted by molar-refractivity contribution is 5.95. The van der Waals surface area contributed by atoms with Gasteiger partial charge in [-0.2, -0.15) is 26.3 Å². The molecule has 0 aliphatic rings. The minimum absolute atomic E-state index is 0.166. The maximum atomic E-state index is 12.8. The van der Waals surface area contributed by atoms with Crippen LogP contribution in [0.5, 0.6) is 0 Å². The Morgan fingerprint density at radius 2 is 1.06 bits per heavy atom. The summed E-state index contributed by atoms with van der Waals surface area (Å²) < 4.78 is 81.9. The van der Waals surface area contributed by atoms with Crippen LogP contribution in [0.3, 0.4) is 0 Å². The zero-order chi connectivity index (χ0) is 22.4. The number of hydrogen-bond donors (Lipinski definition) is 0. The molecule has 0 atom stereocenters. The maximum absolute atomic E-state index is 12.8. The van der Waals surface area contributed by atoms with Gasteiger partial charge in [0, 0.05) is 11.5 Å². The second-order valence-corrected chi connectivity index (χ2v) is 6.84. The highest BCUT2D eigenvalue weighted by Crippen LogP contribution is 2.35. The summed E-state index contributed by atoms with van der Waals surface area (Å²) in [6.07, 6.45) is -8.93. The van der Waals surface area contributed by atoms with E-state index in [1.165, 1.54) is 36.4 Å². The molecule has 0 fully saturated rings. The van der Waals surface area contributed by atoms with E-state index in [4.69, 9.17) is 4.42 Å². The van der Waals surface area contributed by atoms with E-state index < -0.39 is 29.1 Å². The van der Waals surface area contributed by atoms with E-state index in [0.717, 1.165) is 24.3 Å². The summed E-state index contributed by atoms with van der Waals surface area (Å²) >= 11 is 0. The molecule has 8 heteroatoms. The lowest BCUT2D eigenvalue weighted by Crippen LogP contribution is -2.04. The highest BCUT2D eigenvalue weighted by atomic mass is 19.4. The van der Waals surface area contributed by atoms with Gasteiger partial charge in [-0.15, -0.1) is 0 Å². The van der Waals surface area contributed by atoms with Crippen LogP contribution < -0.4 is 5.63 Å². The van der Waals surface area contributed by atoms with Crippen LogP contribution >= 0.6 is 0 Å². The van der Waals surface area contributed by atoms with Crippen molar-refractivity contribution in [3.05, 3.63) is 94.3 Å². The van der Waals surface area contributed by atoms with Crippen molar-refractivity contribution in [2.24, 2.45) is 0 Å². The molecule has 0 spiro atoms. The van der Waals surface area contributed by atoms with E-state index in [2.05, 4.69) is 0 Å². The van der Waals surface area contributed by atoms with E-state index in [0.29, 0.717) is 27.6 Å². The summed E-state index contributed by atoms with van der Waals surface area (Å²) in [5.41, 5.74) is -0.341. The monoisotopic (exact) mass is 434 g/mol. The van der Waals surface area contributed by atoms with Crippen molar-refractivity contribution in [1.82, 2.24) is 0 Å². The molecule has 0 N–H and O–H groups in total. The zero-order valence-corrected chi connectivity index (χ0v) is 15.5. The van der Waals surface area contributed by atoms with E-state index in [9.17, 15) is 31.1 Å². The van der Waals surface area contributed by atoms with Crippen LogP contribution in [0.4, 0.5) is 26.3 Å². The molecule has 4 rings (SSSR count). The molecular formula is C23H12F6O2. The Morgan fingerprint density at radius 1 is 0.581 bits per heavy atom. The molecule has 0 bridgehead atoms. The highest BCUT2D eigenvalue weighted by Gasteiger charge is 2.30. The second-order valence-electron chi connectivity index (χ2n) is 6.84. The second kappa shape index (κ2) is 7.30. The van der Waals surface area contributed by atoms with Crippen molar-refractivity contribution in [2.45, 2.75) is 12.4 Å². The molecule has 4 aromatic rings. The van der Waals surface area contributed by atoms with Crippen LogP contribution in [-0.2, 0) is 12.4 Å². The quantitative estimate of drug-likeness (QED) is 0.247. The van der Waals surface area contributed by atoms with Crippen molar-refractivity contribution >= 4 is 11.0 Å². The third-order valence-corrected chi connectivity index (χ3v) is 4.81. The molecule has 0 amide bonds. The molecule has 158 valence electrons. The van der Waals surface area contributed by atoms with Crippen LogP contribution in [-0.4, -0.2) is 0 Å². The van der Waals surface area contributed by atoms with Gasteiger partial charge in [-0.1, -0.05) is 30.3 Å². The van der Waals surface area contributed by atoms with Gasteiger partial charge in [0.05, 0.1) is 11.1 Å². The van der Waals surface area contributed by atoms with Gasteiger partial charge in [-0.3, -0.25) is 0 Å². The van der Waals surface area contributed by atoms with E-state index >= 15 is 0 Å². The standard InChI is InChI=1S/C23H12F6O2/c24-22(25,26)16-6-1-13(2-7-16)15-5-10-18-19(12-21(30)31-20(18)11-15)14-3-8-17(9-4-14)23(27,28)29/h1-12H. The number of hydrogen-bond acceptors (Lipinski definition) is 2. The average Bonchev–Trinajstić information content (AvgIpc) is 2.71. The first-order valence-electron chi connectivity index (χ1n) is 8.95. The average molecular weight is 434 g/mol. The van der Waals surface area contributed by atoms with Gasteiger partial charge in [0.2, 0.25) is 0 Å². The van der Waals surface area contributed by atoms with Gasteiger partial charge >= 0.3 is 18.0 Å². The lowest BCUT2D eigenvalue weighted by Gasteiger charge is -2.11. The summed E-state index contributed by atoms with van der Waals surface area (Å²) in [5.74, 6) is 0. The molecule has 0 saturated carbocycles. The number of halogens is 6. The Morgan fingerprint density at radius 3 is 1.58 bits per heavy atom. The molecular weight excluding hydrogens is 422 g/mol. The van der Waals surface area contributed by atoms with E-state index in [-0.39, 0.29) is 5.58 Å². The number of rotatable bonds is 2. The number of benzene rings is 3. The predicted octanol–water partition coefficient (Wildman–Crippen LogP) is 7.16. The van der Waals surface area contributed by atoms with Gasteiger partial charge in [-0.25, -0.2) is 4.79 Å². The first-order valence-corrected chi connectivity index (χ1v) is 8.95. The normalized spacial score (nSPS) is 12.3. The molecule has 0 radical (unpaired) electrons. The topological polar surface area (TPSA) is 30.2 Å². The van der Waals surface area contributed by atoms with Crippen LogP contribution in [0.25, 0.3) is 33.2 Å². The predicted molar refractivity (Wildman–Crippen MR) is 103 cm³/mol. The van der Waals surface area contributed by atoms with Crippen molar-refractivity contribution in [2.75, 3.05) is 0 Å². The molecule has 1 aromatic heterocycles. The van der Waals surface area contributed by atoms with E-state index in [1.54, 1.807) is 12.1 Å².